The maximum absolute atomic E-state index is 12.1. The van der Waals surface area contributed by atoms with Crippen molar-refractivity contribution in [1.82, 2.24) is 4.90 Å². The molecular weight excluding hydrogens is 226 g/mol. The number of hydrogen-bond acceptors (Lipinski definition) is 3. The fourth-order valence-corrected chi connectivity index (χ4v) is 3.22. The Balaban J connectivity index is 1.93. The highest BCUT2D eigenvalue weighted by Crippen LogP contribution is 2.39. The van der Waals surface area contributed by atoms with E-state index in [2.05, 4.69) is 4.90 Å². The van der Waals surface area contributed by atoms with Crippen LogP contribution in [-0.4, -0.2) is 41.0 Å². The van der Waals surface area contributed by atoms with Crippen molar-refractivity contribution in [2.45, 2.75) is 58.5 Å². The first kappa shape index (κ1) is 14.0. The Bertz CT molecular complexity index is 321. The zero-order valence-electron chi connectivity index (χ0n) is 12.0. The summed E-state index contributed by atoms with van der Waals surface area (Å²) in [7, 11) is 0. The minimum absolute atomic E-state index is 0.250. The van der Waals surface area contributed by atoms with Gasteiger partial charge in [0, 0.05) is 24.4 Å². The van der Waals surface area contributed by atoms with Crippen LogP contribution >= 0.6 is 0 Å². The Morgan fingerprint density at radius 3 is 2.72 bits per heavy atom. The highest BCUT2D eigenvalue weighted by atomic mass is 16.3. The lowest BCUT2D eigenvalue weighted by molar-refractivity contribution is -0.132. The minimum atomic E-state index is -0.431. The average Bonchev–Trinajstić information content (AvgIpc) is 2.28. The number of Topliss-reactive ketones (excluding diaryl/α,β-unsaturated/α-hetero) is 1. The summed E-state index contributed by atoms with van der Waals surface area (Å²) < 4.78 is 0. The Morgan fingerprint density at radius 2 is 2.06 bits per heavy atom. The van der Waals surface area contributed by atoms with Crippen LogP contribution in [0.5, 0.6) is 0 Å². The molecule has 2 atom stereocenters. The highest BCUT2D eigenvalue weighted by Gasteiger charge is 2.43. The van der Waals surface area contributed by atoms with Crippen LogP contribution in [0.2, 0.25) is 0 Å². The van der Waals surface area contributed by atoms with Crippen molar-refractivity contribution in [1.29, 1.82) is 0 Å². The number of piperidine rings is 1. The molecule has 2 fully saturated rings. The Morgan fingerprint density at radius 1 is 1.33 bits per heavy atom. The minimum Gasteiger partial charge on any atom is -0.390 e. The second kappa shape index (κ2) is 4.93. The van der Waals surface area contributed by atoms with Gasteiger partial charge in [-0.05, 0) is 19.3 Å². The third-order valence-electron chi connectivity index (χ3n) is 4.72. The number of carbonyl (C=O) groups is 1. The molecule has 0 radical (unpaired) electrons. The summed E-state index contributed by atoms with van der Waals surface area (Å²) in [5.41, 5.74) is -0.681. The third-order valence-corrected chi connectivity index (χ3v) is 4.72. The van der Waals surface area contributed by atoms with E-state index in [0.717, 1.165) is 38.8 Å². The van der Waals surface area contributed by atoms with E-state index in [1.165, 1.54) is 6.42 Å². The van der Waals surface area contributed by atoms with Crippen LogP contribution in [0.25, 0.3) is 0 Å². The van der Waals surface area contributed by atoms with Gasteiger partial charge in [0.1, 0.15) is 0 Å². The molecule has 0 aromatic rings. The summed E-state index contributed by atoms with van der Waals surface area (Å²) in [6.45, 7) is 8.27. The van der Waals surface area contributed by atoms with Gasteiger partial charge in [-0.1, -0.05) is 33.6 Å². The molecule has 1 heterocycles. The predicted molar refractivity (Wildman–Crippen MR) is 72.4 cm³/mol. The number of ketones is 1. The standard InChI is InChI=1S/C15H27NO2/c1-14(2,3)13(17)11-16-9-8-15(18)7-5-4-6-12(15)10-16/h12,18H,4-11H2,1-3H3. The molecule has 0 amide bonds. The first-order valence-corrected chi connectivity index (χ1v) is 7.29. The zero-order valence-corrected chi connectivity index (χ0v) is 12.0. The number of aliphatic hydroxyl groups is 1. The number of hydrogen-bond donors (Lipinski definition) is 1. The average molecular weight is 253 g/mol. The van der Waals surface area contributed by atoms with Crippen LogP contribution in [0.15, 0.2) is 0 Å². The fourth-order valence-electron chi connectivity index (χ4n) is 3.22. The van der Waals surface area contributed by atoms with Crippen molar-refractivity contribution in [3.05, 3.63) is 0 Å². The van der Waals surface area contributed by atoms with Gasteiger partial charge in [0.25, 0.3) is 0 Å². The van der Waals surface area contributed by atoms with E-state index in [4.69, 9.17) is 0 Å². The normalized spacial score (nSPS) is 34.1. The second-order valence-electron chi connectivity index (χ2n) is 7.20. The smallest absolute Gasteiger partial charge is 0.152 e. The molecule has 104 valence electrons. The fraction of sp³-hybridized carbons (Fsp3) is 0.933. The number of rotatable bonds is 2. The molecule has 18 heavy (non-hydrogen) atoms. The predicted octanol–water partition coefficient (Wildman–Crippen LogP) is 2.23. The first-order chi connectivity index (χ1) is 8.31. The molecule has 2 rings (SSSR count). The molecule has 1 N–H and O–H groups in total. The van der Waals surface area contributed by atoms with Gasteiger partial charge in [0.15, 0.2) is 5.78 Å². The molecule has 0 aromatic carbocycles. The van der Waals surface area contributed by atoms with Crippen molar-refractivity contribution in [2.75, 3.05) is 19.6 Å². The molecule has 1 aliphatic carbocycles. The van der Waals surface area contributed by atoms with Crippen molar-refractivity contribution in [2.24, 2.45) is 11.3 Å². The van der Waals surface area contributed by atoms with Gasteiger partial charge in [0.05, 0.1) is 12.1 Å². The lowest BCUT2D eigenvalue weighted by Crippen LogP contribution is -2.54. The molecule has 0 bridgehead atoms. The topological polar surface area (TPSA) is 40.5 Å². The third kappa shape index (κ3) is 2.94. The van der Waals surface area contributed by atoms with E-state index in [0.29, 0.717) is 18.2 Å². The molecule has 1 saturated heterocycles. The largest absolute Gasteiger partial charge is 0.390 e. The zero-order chi connectivity index (χ0) is 13.4. The van der Waals surface area contributed by atoms with Crippen molar-refractivity contribution in [3.8, 4) is 0 Å². The molecule has 0 spiro atoms. The van der Waals surface area contributed by atoms with E-state index in [1.807, 2.05) is 20.8 Å². The van der Waals surface area contributed by atoms with Gasteiger partial charge in [-0.25, -0.2) is 0 Å². The van der Waals surface area contributed by atoms with E-state index < -0.39 is 5.60 Å². The number of fused-ring (bicyclic) bond motifs is 1. The summed E-state index contributed by atoms with van der Waals surface area (Å²) in [6.07, 6.45) is 5.31. The van der Waals surface area contributed by atoms with Gasteiger partial charge < -0.3 is 5.11 Å². The van der Waals surface area contributed by atoms with E-state index in [9.17, 15) is 9.90 Å². The van der Waals surface area contributed by atoms with Crippen LogP contribution in [0.4, 0.5) is 0 Å². The SMILES string of the molecule is CC(C)(C)C(=O)CN1CCC2(O)CCCCC2C1. The van der Waals surface area contributed by atoms with Crippen LogP contribution in [0, 0.1) is 11.3 Å². The van der Waals surface area contributed by atoms with Gasteiger partial charge >= 0.3 is 0 Å². The number of likely N-dealkylation sites (tertiary alicyclic amines) is 1. The summed E-state index contributed by atoms with van der Waals surface area (Å²) in [6, 6.07) is 0. The van der Waals surface area contributed by atoms with Gasteiger partial charge in [-0.15, -0.1) is 0 Å². The molecule has 1 aliphatic heterocycles. The van der Waals surface area contributed by atoms with Crippen LogP contribution in [-0.2, 0) is 4.79 Å². The van der Waals surface area contributed by atoms with Crippen LogP contribution in [0.3, 0.4) is 0 Å². The lowest BCUT2D eigenvalue weighted by atomic mass is 9.71. The number of carbonyl (C=O) groups excluding carboxylic acids is 1. The first-order valence-electron chi connectivity index (χ1n) is 7.29. The van der Waals surface area contributed by atoms with E-state index in [-0.39, 0.29) is 5.41 Å². The molecule has 1 saturated carbocycles. The van der Waals surface area contributed by atoms with Crippen molar-refractivity contribution < 1.29 is 9.90 Å². The molecular formula is C15H27NO2. The summed E-state index contributed by atoms with van der Waals surface area (Å²) in [4.78, 5) is 14.3. The summed E-state index contributed by atoms with van der Waals surface area (Å²) in [5.74, 6) is 0.691. The monoisotopic (exact) mass is 253 g/mol. The second-order valence-corrected chi connectivity index (χ2v) is 7.20. The van der Waals surface area contributed by atoms with E-state index in [1.54, 1.807) is 0 Å². The Hall–Kier alpha value is -0.410. The van der Waals surface area contributed by atoms with Crippen molar-refractivity contribution >= 4 is 5.78 Å². The number of nitrogens with zero attached hydrogens (tertiary/aromatic N) is 1. The summed E-state index contributed by atoms with van der Waals surface area (Å²) in [5, 5.41) is 10.6. The molecule has 3 heteroatoms. The Kier molecular flexibility index (Phi) is 3.84. The Labute approximate surface area is 111 Å². The quantitative estimate of drug-likeness (QED) is 0.820. The maximum Gasteiger partial charge on any atom is 0.152 e. The van der Waals surface area contributed by atoms with Gasteiger partial charge in [-0.2, -0.15) is 0 Å². The highest BCUT2D eigenvalue weighted by molar-refractivity contribution is 5.85. The molecule has 3 nitrogen and oxygen atoms in total. The van der Waals surface area contributed by atoms with Gasteiger partial charge in [-0.3, -0.25) is 9.69 Å². The molecule has 0 aromatic heterocycles. The van der Waals surface area contributed by atoms with E-state index >= 15 is 0 Å². The van der Waals surface area contributed by atoms with Crippen LogP contribution < -0.4 is 0 Å². The molecule has 2 aliphatic rings. The lowest BCUT2D eigenvalue weighted by Gasteiger charge is -2.47. The van der Waals surface area contributed by atoms with Crippen molar-refractivity contribution in [3.63, 3.8) is 0 Å². The summed E-state index contributed by atoms with van der Waals surface area (Å²) >= 11 is 0. The molecule has 2 unspecified atom stereocenters. The maximum atomic E-state index is 12.1. The van der Waals surface area contributed by atoms with Crippen LogP contribution in [0.1, 0.15) is 52.9 Å². The van der Waals surface area contributed by atoms with Gasteiger partial charge in [0.2, 0.25) is 0 Å².